The van der Waals surface area contributed by atoms with E-state index in [2.05, 4.69) is 15.6 Å². The van der Waals surface area contributed by atoms with E-state index < -0.39 is 0 Å². The molecule has 0 bridgehead atoms. The number of phenolic OH excluding ortho intramolecular Hbond substituents is 1. The number of hydrogen-bond donors (Lipinski definition) is 3. The topological polar surface area (TPSA) is 74.2 Å². The van der Waals surface area contributed by atoms with Crippen molar-refractivity contribution >= 4 is 11.7 Å². The number of rotatable bonds is 6. The standard InChI is InChI=1S/C16H19N3O2/c1-2-17-15-14(4-3-10-18-15)16(21)19-11-9-12-5-7-13(20)8-6-12/h3-8,10,20H,2,9,11H2,1H3,(H,17,18)(H,19,21). The van der Waals surface area contributed by atoms with Crippen molar-refractivity contribution in [2.45, 2.75) is 13.3 Å². The molecule has 0 spiro atoms. The predicted molar refractivity (Wildman–Crippen MR) is 82.5 cm³/mol. The number of nitrogens with zero attached hydrogens (tertiary/aromatic N) is 1. The quantitative estimate of drug-likeness (QED) is 0.760. The molecule has 0 atom stereocenters. The molecule has 5 heteroatoms. The minimum absolute atomic E-state index is 0.141. The van der Waals surface area contributed by atoms with E-state index in [9.17, 15) is 9.90 Å². The Bertz CT molecular complexity index is 597. The van der Waals surface area contributed by atoms with Crippen LogP contribution < -0.4 is 10.6 Å². The number of aromatic hydroxyl groups is 1. The summed E-state index contributed by atoms with van der Waals surface area (Å²) in [7, 11) is 0. The highest BCUT2D eigenvalue weighted by Gasteiger charge is 2.10. The first-order valence-electron chi connectivity index (χ1n) is 6.95. The second-order valence-electron chi connectivity index (χ2n) is 4.60. The number of carbonyl (C=O) groups excluding carboxylic acids is 1. The number of nitrogens with one attached hydrogen (secondary N) is 2. The van der Waals surface area contributed by atoms with E-state index in [1.54, 1.807) is 30.5 Å². The molecule has 110 valence electrons. The molecule has 5 nitrogen and oxygen atoms in total. The maximum atomic E-state index is 12.2. The fourth-order valence-corrected chi connectivity index (χ4v) is 1.98. The zero-order valence-electron chi connectivity index (χ0n) is 12.0. The second-order valence-corrected chi connectivity index (χ2v) is 4.60. The van der Waals surface area contributed by atoms with Crippen LogP contribution in [0.4, 0.5) is 5.82 Å². The Balaban J connectivity index is 1.91. The molecule has 2 rings (SSSR count). The average Bonchev–Trinajstić information content (AvgIpc) is 2.50. The molecule has 1 aromatic carbocycles. The summed E-state index contributed by atoms with van der Waals surface area (Å²) in [5.41, 5.74) is 1.61. The van der Waals surface area contributed by atoms with E-state index in [0.717, 1.165) is 5.56 Å². The fraction of sp³-hybridized carbons (Fsp3) is 0.250. The van der Waals surface area contributed by atoms with Crippen LogP contribution >= 0.6 is 0 Å². The van der Waals surface area contributed by atoms with Gasteiger partial charge in [-0.25, -0.2) is 4.98 Å². The first kappa shape index (κ1) is 14.8. The average molecular weight is 285 g/mol. The lowest BCUT2D eigenvalue weighted by molar-refractivity contribution is 0.0954. The van der Waals surface area contributed by atoms with Crippen LogP contribution in [0, 0.1) is 0 Å². The Kier molecular flexibility index (Phi) is 5.15. The third-order valence-electron chi connectivity index (χ3n) is 3.03. The normalized spacial score (nSPS) is 10.1. The van der Waals surface area contributed by atoms with Crippen LogP contribution in [0.1, 0.15) is 22.8 Å². The van der Waals surface area contributed by atoms with Gasteiger partial charge in [0.05, 0.1) is 5.56 Å². The lowest BCUT2D eigenvalue weighted by Gasteiger charge is -2.10. The number of aromatic nitrogens is 1. The van der Waals surface area contributed by atoms with Gasteiger partial charge in [-0.2, -0.15) is 0 Å². The molecule has 1 aromatic heterocycles. The second kappa shape index (κ2) is 7.28. The van der Waals surface area contributed by atoms with Crippen molar-refractivity contribution in [3.63, 3.8) is 0 Å². The van der Waals surface area contributed by atoms with Gasteiger partial charge in [-0.3, -0.25) is 4.79 Å². The van der Waals surface area contributed by atoms with Crippen molar-refractivity contribution in [2.75, 3.05) is 18.4 Å². The van der Waals surface area contributed by atoms with Gasteiger partial charge >= 0.3 is 0 Å². The Labute approximate surface area is 124 Å². The van der Waals surface area contributed by atoms with E-state index in [1.807, 2.05) is 19.1 Å². The SMILES string of the molecule is CCNc1ncccc1C(=O)NCCc1ccc(O)cc1. The molecule has 1 amide bonds. The van der Waals surface area contributed by atoms with Gasteiger partial charge in [-0.15, -0.1) is 0 Å². The van der Waals surface area contributed by atoms with E-state index in [0.29, 0.717) is 30.9 Å². The Morgan fingerprint density at radius 1 is 1.24 bits per heavy atom. The molecule has 0 aliphatic heterocycles. The third kappa shape index (κ3) is 4.21. The first-order chi connectivity index (χ1) is 10.2. The van der Waals surface area contributed by atoms with E-state index in [1.165, 1.54) is 0 Å². The minimum Gasteiger partial charge on any atom is -0.508 e. The lowest BCUT2D eigenvalue weighted by Crippen LogP contribution is -2.26. The van der Waals surface area contributed by atoms with Gasteiger partial charge in [-0.1, -0.05) is 12.1 Å². The van der Waals surface area contributed by atoms with E-state index in [4.69, 9.17) is 0 Å². The molecule has 0 aliphatic carbocycles. The van der Waals surface area contributed by atoms with Crippen LogP contribution in [0.3, 0.4) is 0 Å². The zero-order chi connectivity index (χ0) is 15.1. The minimum atomic E-state index is -0.141. The zero-order valence-corrected chi connectivity index (χ0v) is 12.0. The lowest BCUT2D eigenvalue weighted by atomic mass is 10.1. The molecule has 3 N–H and O–H groups in total. The van der Waals surface area contributed by atoms with Crippen LogP contribution in [-0.2, 0) is 6.42 Å². The molecule has 0 fully saturated rings. The molecule has 0 radical (unpaired) electrons. The van der Waals surface area contributed by atoms with Crippen molar-refractivity contribution in [3.8, 4) is 5.75 Å². The van der Waals surface area contributed by atoms with Gasteiger partial charge in [0, 0.05) is 19.3 Å². The molecular weight excluding hydrogens is 266 g/mol. The predicted octanol–water partition coefficient (Wildman–Crippen LogP) is 2.19. The number of amides is 1. The molecule has 2 aromatic rings. The summed E-state index contributed by atoms with van der Waals surface area (Å²) in [5, 5.41) is 15.2. The third-order valence-corrected chi connectivity index (χ3v) is 3.03. The van der Waals surface area contributed by atoms with Crippen molar-refractivity contribution in [3.05, 3.63) is 53.7 Å². The summed E-state index contributed by atoms with van der Waals surface area (Å²) in [4.78, 5) is 16.3. The number of phenols is 1. The van der Waals surface area contributed by atoms with Crippen LogP contribution in [0.2, 0.25) is 0 Å². The highest BCUT2D eigenvalue weighted by Crippen LogP contribution is 2.12. The van der Waals surface area contributed by atoms with Gasteiger partial charge < -0.3 is 15.7 Å². The number of carbonyl (C=O) groups is 1. The first-order valence-corrected chi connectivity index (χ1v) is 6.95. The summed E-state index contributed by atoms with van der Waals surface area (Å²) in [5.74, 6) is 0.702. The van der Waals surface area contributed by atoms with Gasteiger partial charge in [0.2, 0.25) is 0 Å². The van der Waals surface area contributed by atoms with Crippen molar-refractivity contribution < 1.29 is 9.90 Å². The molecule has 0 saturated carbocycles. The molecule has 21 heavy (non-hydrogen) atoms. The number of pyridine rings is 1. The highest BCUT2D eigenvalue weighted by atomic mass is 16.3. The monoisotopic (exact) mass is 285 g/mol. The molecule has 0 saturated heterocycles. The summed E-state index contributed by atoms with van der Waals surface area (Å²) >= 11 is 0. The van der Waals surface area contributed by atoms with Crippen LogP contribution in [0.5, 0.6) is 5.75 Å². The van der Waals surface area contributed by atoms with Gasteiger partial charge in [-0.05, 0) is 43.2 Å². The van der Waals surface area contributed by atoms with E-state index >= 15 is 0 Å². The summed E-state index contributed by atoms with van der Waals surface area (Å²) in [6.45, 7) is 3.20. The van der Waals surface area contributed by atoms with Gasteiger partial charge in [0.1, 0.15) is 11.6 Å². The number of anilines is 1. The maximum Gasteiger partial charge on any atom is 0.255 e. The van der Waals surface area contributed by atoms with Gasteiger partial charge in [0.15, 0.2) is 0 Å². The molecular formula is C16H19N3O2. The Morgan fingerprint density at radius 2 is 2.00 bits per heavy atom. The van der Waals surface area contributed by atoms with Crippen molar-refractivity contribution in [1.29, 1.82) is 0 Å². The Morgan fingerprint density at radius 3 is 2.71 bits per heavy atom. The Hall–Kier alpha value is -2.56. The van der Waals surface area contributed by atoms with Crippen LogP contribution in [0.25, 0.3) is 0 Å². The molecule has 1 heterocycles. The molecule has 0 unspecified atom stereocenters. The van der Waals surface area contributed by atoms with E-state index in [-0.39, 0.29) is 11.7 Å². The van der Waals surface area contributed by atoms with Crippen molar-refractivity contribution in [2.24, 2.45) is 0 Å². The smallest absolute Gasteiger partial charge is 0.255 e. The maximum absolute atomic E-state index is 12.2. The van der Waals surface area contributed by atoms with Crippen LogP contribution in [0.15, 0.2) is 42.6 Å². The summed E-state index contributed by atoms with van der Waals surface area (Å²) in [6, 6.07) is 10.5. The largest absolute Gasteiger partial charge is 0.508 e. The van der Waals surface area contributed by atoms with Crippen LogP contribution in [-0.4, -0.2) is 29.1 Å². The summed E-state index contributed by atoms with van der Waals surface area (Å²) < 4.78 is 0. The van der Waals surface area contributed by atoms with Crippen molar-refractivity contribution in [1.82, 2.24) is 10.3 Å². The molecule has 0 aliphatic rings. The highest BCUT2D eigenvalue weighted by molar-refractivity contribution is 5.98. The number of benzene rings is 1. The van der Waals surface area contributed by atoms with Gasteiger partial charge in [0.25, 0.3) is 5.91 Å². The fourth-order valence-electron chi connectivity index (χ4n) is 1.98. The summed E-state index contributed by atoms with van der Waals surface area (Å²) in [6.07, 6.45) is 2.37. The number of hydrogen-bond acceptors (Lipinski definition) is 4.